The fourth-order valence-corrected chi connectivity index (χ4v) is 3.25. The third kappa shape index (κ3) is 4.36. The lowest BCUT2D eigenvalue weighted by molar-refractivity contribution is 0.0734. The Balaban J connectivity index is 1.50. The van der Waals surface area contributed by atoms with Crippen molar-refractivity contribution in [2.24, 2.45) is 0 Å². The maximum absolute atomic E-state index is 12.7. The summed E-state index contributed by atoms with van der Waals surface area (Å²) >= 11 is 0. The maximum Gasteiger partial charge on any atom is 0.343 e. The van der Waals surface area contributed by atoms with Gasteiger partial charge in [0.25, 0.3) is 0 Å². The highest BCUT2D eigenvalue weighted by atomic mass is 16.5. The Morgan fingerprint density at radius 1 is 0.935 bits per heavy atom. The Morgan fingerprint density at radius 2 is 1.61 bits per heavy atom. The molecule has 0 spiro atoms. The van der Waals surface area contributed by atoms with Crippen LogP contribution in [0.25, 0.3) is 6.08 Å². The molecule has 31 heavy (non-hydrogen) atoms. The molecular formula is C26H22O5. The summed E-state index contributed by atoms with van der Waals surface area (Å²) in [5.41, 5.74) is 2.94. The van der Waals surface area contributed by atoms with Gasteiger partial charge in [-0.05, 0) is 59.5 Å². The third-order valence-electron chi connectivity index (χ3n) is 5.08. The summed E-state index contributed by atoms with van der Waals surface area (Å²) in [6, 6.07) is 19.4. The van der Waals surface area contributed by atoms with Crippen LogP contribution in [0.2, 0.25) is 0 Å². The lowest BCUT2D eigenvalue weighted by Gasteiger charge is -2.06. The molecule has 1 aliphatic rings. The summed E-state index contributed by atoms with van der Waals surface area (Å²) in [6.45, 7) is 4.26. The van der Waals surface area contributed by atoms with Gasteiger partial charge in [-0.3, -0.25) is 4.79 Å². The number of fused-ring (bicyclic) bond motifs is 1. The predicted octanol–water partition coefficient (Wildman–Crippen LogP) is 5.65. The smallest absolute Gasteiger partial charge is 0.343 e. The van der Waals surface area contributed by atoms with Crippen molar-refractivity contribution in [2.45, 2.75) is 19.8 Å². The Labute approximate surface area is 180 Å². The molecule has 0 saturated heterocycles. The summed E-state index contributed by atoms with van der Waals surface area (Å²) in [7, 11) is 1.56. The number of Topliss-reactive ketones (excluding diaryl/α,β-unsaturated/α-hetero) is 1. The van der Waals surface area contributed by atoms with E-state index in [2.05, 4.69) is 13.8 Å². The van der Waals surface area contributed by atoms with E-state index in [1.54, 1.807) is 55.7 Å². The van der Waals surface area contributed by atoms with Gasteiger partial charge in [-0.1, -0.05) is 38.1 Å². The number of ketones is 1. The minimum absolute atomic E-state index is 0.198. The Kier molecular flexibility index (Phi) is 5.58. The van der Waals surface area contributed by atoms with Crippen LogP contribution < -0.4 is 14.2 Å². The molecule has 0 saturated carbocycles. The van der Waals surface area contributed by atoms with Crippen LogP contribution in [0.5, 0.6) is 17.2 Å². The zero-order valence-corrected chi connectivity index (χ0v) is 17.5. The second-order valence-electron chi connectivity index (χ2n) is 7.54. The molecule has 0 atom stereocenters. The molecule has 1 heterocycles. The van der Waals surface area contributed by atoms with Crippen LogP contribution in [0.3, 0.4) is 0 Å². The van der Waals surface area contributed by atoms with Crippen molar-refractivity contribution < 1.29 is 23.8 Å². The molecular weight excluding hydrogens is 392 g/mol. The number of carbonyl (C=O) groups excluding carboxylic acids is 2. The number of ether oxygens (including phenoxy) is 3. The molecule has 156 valence electrons. The number of benzene rings is 3. The number of hydrogen-bond donors (Lipinski definition) is 0. The number of esters is 1. The van der Waals surface area contributed by atoms with Crippen LogP contribution in [0.1, 0.15) is 51.6 Å². The summed E-state index contributed by atoms with van der Waals surface area (Å²) in [5, 5.41) is 0. The number of rotatable bonds is 5. The molecule has 0 N–H and O–H groups in total. The molecule has 3 aromatic carbocycles. The van der Waals surface area contributed by atoms with Gasteiger partial charge in [-0.2, -0.15) is 0 Å². The summed E-state index contributed by atoms with van der Waals surface area (Å²) in [5.74, 6) is 1.30. The van der Waals surface area contributed by atoms with Crippen LogP contribution >= 0.6 is 0 Å². The van der Waals surface area contributed by atoms with E-state index in [0.717, 1.165) is 5.56 Å². The predicted molar refractivity (Wildman–Crippen MR) is 118 cm³/mol. The van der Waals surface area contributed by atoms with Gasteiger partial charge in [0.2, 0.25) is 5.78 Å². The van der Waals surface area contributed by atoms with Crippen molar-refractivity contribution in [3.8, 4) is 17.2 Å². The van der Waals surface area contributed by atoms with Gasteiger partial charge in [-0.25, -0.2) is 4.79 Å². The maximum atomic E-state index is 12.7. The van der Waals surface area contributed by atoms with Gasteiger partial charge in [0, 0.05) is 6.07 Å². The average molecular weight is 414 g/mol. The first-order chi connectivity index (χ1) is 14.9. The molecule has 0 radical (unpaired) electrons. The first kappa shape index (κ1) is 20.4. The highest BCUT2D eigenvalue weighted by Crippen LogP contribution is 2.35. The van der Waals surface area contributed by atoms with Crippen LogP contribution in [0.15, 0.2) is 72.5 Å². The zero-order chi connectivity index (χ0) is 22.0. The van der Waals surface area contributed by atoms with Crippen LogP contribution in [-0.4, -0.2) is 18.9 Å². The minimum atomic E-state index is -0.507. The van der Waals surface area contributed by atoms with Gasteiger partial charge >= 0.3 is 5.97 Å². The Bertz CT molecular complexity index is 1160. The molecule has 5 nitrogen and oxygen atoms in total. The summed E-state index contributed by atoms with van der Waals surface area (Å²) < 4.78 is 16.3. The van der Waals surface area contributed by atoms with Crippen LogP contribution in [0.4, 0.5) is 0 Å². The SMILES string of the molecule is COc1ccc(C(=O)Oc2ccc3c(c2)O/C(=C/c2ccc(C(C)C)cc2)C3=O)cc1. The van der Waals surface area contributed by atoms with Crippen molar-refractivity contribution >= 4 is 17.8 Å². The van der Waals surface area contributed by atoms with E-state index in [-0.39, 0.29) is 11.5 Å². The molecule has 0 amide bonds. The number of hydrogen-bond acceptors (Lipinski definition) is 5. The fraction of sp³-hybridized carbons (Fsp3) is 0.154. The molecule has 3 aromatic rings. The minimum Gasteiger partial charge on any atom is -0.497 e. The first-order valence-corrected chi connectivity index (χ1v) is 9.99. The van der Waals surface area contributed by atoms with Crippen molar-refractivity contribution in [3.63, 3.8) is 0 Å². The molecule has 0 bridgehead atoms. The van der Waals surface area contributed by atoms with E-state index in [9.17, 15) is 9.59 Å². The normalized spacial score (nSPS) is 13.8. The average Bonchev–Trinajstić information content (AvgIpc) is 3.08. The van der Waals surface area contributed by atoms with Gasteiger partial charge in [0.05, 0.1) is 18.2 Å². The number of methoxy groups -OCH3 is 1. The van der Waals surface area contributed by atoms with E-state index in [0.29, 0.717) is 34.3 Å². The first-order valence-electron chi connectivity index (χ1n) is 9.99. The second kappa shape index (κ2) is 8.48. The van der Waals surface area contributed by atoms with E-state index in [1.807, 2.05) is 24.3 Å². The quantitative estimate of drug-likeness (QED) is 0.307. The third-order valence-corrected chi connectivity index (χ3v) is 5.08. The monoisotopic (exact) mass is 414 g/mol. The van der Waals surface area contributed by atoms with E-state index in [4.69, 9.17) is 14.2 Å². The topological polar surface area (TPSA) is 61.8 Å². The fourth-order valence-electron chi connectivity index (χ4n) is 3.25. The van der Waals surface area contributed by atoms with Gasteiger partial charge in [0.1, 0.15) is 17.2 Å². The molecule has 0 unspecified atom stereocenters. The highest BCUT2D eigenvalue weighted by molar-refractivity contribution is 6.14. The molecule has 0 aromatic heterocycles. The Morgan fingerprint density at radius 3 is 2.26 bits per heavy atom. The van der Waals surface area contributed by atoms with Crippen molar-refractivity contribution in [2.75, 3.05) is 7.11 Å². The highest BCUT2D eigenvalue weighted by Gasteiger charge is 2.28. The van der Waals surface area contributed by atoms with E-state index >= 15 is 0 Å². The van der Waals surface area contributed by atoms with Crippen LogP contribution in [-0.2, 0) is 0 Å². The number of carbonyl (C=O) groups is 2. The standard InChI is InChI=1S/C26H22O5/c1-16(2)18-6-4-17(5-7-18)14-24-25(27)22-13-12-21(15-23(22)31-24)30-26(28)19-8-10-20(29-3)11-9-19/h4-16H,1-3H3/b24-14+. The van der Waals surface area contributed by atoms with E-state index < -0.39 is 5.97 Å². The van der Waals surface area contributed by atoms with Crippen molar-refractivity contribution in [1.29, 1.82) is 0 Å². The second-order valence-corrected chi connectivity index (χ2v) is 7.54. The van der Waals surface area contributed by atoms with E-state index in [1.165, 1.54) is 5.56 Å². The lowest BCUT2D eigenvalue weighted by atomic mass is 10.0. The lowest BCUT2D eigenvalue weighted by Crippen LogP contribution is -2.08. The summed E-state index contributed by atoms with van der Waals surface area (Å²) in [6.07, 6.45) is 1.72. The van der Waals surface area contributed by atoms with Crippen molar-refractivity contribution in [3.05, 3.63) is 94.7 Å². The molecule has 5 heteroatoms. The van der Waals surface area contributed by atoms with Gasteiger partial charge in [0.15, 0.2) is 5.76 Å². The molecule has 4 rings (SSSR count). The largest absolute Gasteiger partial charge is 0.497 e. The van der Waals surface area contributed by atoms with Gasteiger partial charge < -0.3 is 14.2 Å². The molecule has 1 aliphatic heterocycles. The zero-order valence-electron chi connectivity index (χ0n) is 17.5. The number of allylic oxidation sites excluding steroid dienone is 1. The Hall–Kier alpha value is -3.86. The molecule has 0 fully saturated rings. The van der Waals surface area contributed by atoms with Crippen LogP contribution in [0, 0.1) is 0 Å². The van der Waals surface area contributed by atoms with Gasteiger partial charge in [-0.15, -0.1) is 0 Å². The van der Waals surface area contributed by atoms with Crippen molar-refractivity contribution in [1.82, 2.24) is 0 Å². The summed E-state index contributed by atoms with van der Waals surface area (Å²) in [4.78, 5) is 25.1. The molecule has 0 aliphatic carbocycles.